The maximum atomic E-state index is 12.4. The van der Waals surface area contributed by atoms with Crippen molar-refractivity contribution < 1.29 is 9.53 Å². The fraction of sp³-hybridized carbons (Fsp3) is 0.269. The molecule has 33 heavy (non-hydrogen) atoms. The molecule has 1 fully saturated rings. The molecule has 1 aliphatic heterocycles. The maximum Gasteiger partial charge on any atom is 0.222 e. The second-order valence-electron chi connectivity index (χ2n) is 8.17. The lowest BCUT2D eigenvalue weighted by molar-refractivity contribution is -0.127. The van der Waals surface area contributed by atoms with Gasteiger partial charge >= 0.3 is 0 Å². The zero-order valence-corrected chi connectivity index (χ0v) is 19.3. The normalized spacial score (nSPS) is 14.7. The van der Waals surface area contributed by atoms with Gasteiger partial charge in [0, 0.05) is 37.6 Å². The Kier molecular flexibility index (Phi) is 6.32. The van der Waals surface area contributed by atoms with Gasteiger partial charge in [0.15, 0.2) is 5.82 Å². The number of thiophene rings is 1. The van der Waals surface area contributed by atoms with E-state index in [9.17, 15) is 4.79 Å². The summed E-state index contributed by atoms with van der Waals surface area (Å²) in [4.78, 5) is 24.9. The van der Waals surface area contributed by atoms with E-state index in [-0.39, 0.29) is 11.9 Å². The molecule has 1 amide bonds. The van der Waals surface area contributed by atoms with Gasteiger partial charge in [-0.05, 0) is 17.5 Å². The molecule has 168 valence electrons. The Labute approximate surface area is 197 Å². The molecule has 1 aliphatic rings. The third-order valence-electron chi connectivity index (χ3n) is 5.93. The van der Waals surface area contributed by atoms with Gasteiger partial charge in [0.25, 0.3) is 0 Å². The fourth-order valence-electron chi connectivity index (χ4n) is 4.32. The van der Waals surface area contributed by atoms with E-state index >= 15 is 0 Å². The number of rotatable bonds is 8. The van der Waals surface area contributed by atoms with Crippen molar-refractivity contribution in [1.82, 2.24) is 14.9 Å². The smallest absolute Gasteiger partial charge is 0.222 e. The van der Waals surface area contributed by atoms with Crippen LogP contribution in [0.2, 0.25) is 0 Å². The van der Waals surface area contributed by atoms with E-state index in [0.29, 0.717) is 25.4 Å². The monoisotopic (exact) mass is 458 g/mol. The number of carbonyl (C=O) groups excluding carboxylic acids is 1. The molecule has 0 radical (unpaired) electrons. The fourth-order valence-corrected chi connectivity index (χ4v) is 5.28. The molecular formula is C26H26N4O2S. The van der Waals surface area contributed by atoms with Crippen molar-refractivity contribution in [3.05, 3.63) is 77.4 Å². The Morgan fingerprint density at radius 3 is 2.55 bits per heavy atom. The van der Waals surface area contributed by atoms with Gasteiger partial charge in [-0.3, -0.25) is 4.79 Å². The van der Waals surface area contributed by atoms with Crippen LogP contribution in [0, 0.1) is 0 Å². The van der Waals surface area contributed by atoms with Crippen LogP contribution in [0.15, 0.2) is 66.0 Å². The van der Waals surface area contributed by atoms with Crippen LogP contribution in [0.5, 0.6) is 0 Å². The van der Waals surface area contributed by atoms with Gasteiger partial charge in [0.2, 0.25) is 5.91 Å². The topological polar surface area (TPSA) is 67.3 Å². The van der Waals surface area contributed by atoms with Crippen LogP contribution in [0.4, 0.5) is 5.82 Å². The van der Waals surface area contributed by atoms with Crippen LogP contribution in [0.3, 0.4) is 0 Å². The predicted molar refractivity (Wildman–Crippen MR) is 132 cm³/mol. The Bertz CT molecular complexity index is 1240. The number of hydrogen-bond donors (Lipinski definition) is 1. The van der Waals surface area contributed by atoms with Crippen molar-refractivity contribution >= 4 is 33.3 Å². The molecule has 2 aromatic heterocycles. The van der Waals surface area contributed by atoms with Crippen molar-refractivity contribution in [3.63, 3.8) is 0 Å². The number of carbonyl (C=O) groups is 1. The molecule has 1 N–H and O–H groups in total. The van der Waals surface area contributed by atoms with Crippen LogP contribution in [-0.4, -0.2) is 41.0 Å². The number of benzene rings is 2. The maximum absolute atomic E-state index is 12.4. The Balaban J connectivity index is 1.59. The number of amides is 1. The summed E-state index contributed by atoms with van der Waals surface area (Å²) in [5.74, 6) is 1.62. The van der Waals surface area contributed by atoms with Crippen molar-refractivity contribution in [3.8, 4) is 11.1 Å². The van der Waals surface area contributed by atoms with Crippen LogP contribution >= 0.6 is 11.3 Å². The number of methoxy groups -OCH3 is 1. The van der Waals surface area contributed by atoms with Crippen molar-refractivity contribution in [1.29, 1.82) is 0 Å². The first-order valence-corrected chi connectivity index (χ1v) is 12.0. The lowest BCUT2D eigenvalue weighted by Gasteiger charge is -2.26. The van der Waals surface area contributed by atoms with Crippen molar-refractivity contribution in [2.45, 2.75) is 25.5 Å². The molecule has 3 heterocycles. The zero-order valence-electron chi connectivity index (χ0n) is 18.5. The molecule has 7 heteroatoms. The van der Waals surface area contributed by atoms with Crippen LogP contribution < -0.4 is 5.32 Å². The number of ether oxygens (including phenoxy) is 1. The average molecular weight is 459 g/mol. The third kappa shape index (κ3) is 4.60. The first-order valence-electron chi connectivity index (χ1n) is 11.1. The number of anilines is 1. The highest BCUT2D eigenvalue weighted by Gasteiger charge is 2.26. The summed E-state index contributed by atoms with van der Waals surface area (Å²) in [5.41, 5.74) is 3.35. The van der Waals surface area contributed by atoms with Crippen LogP contribution in [0.25, 0.3) is 21.3 Å². The molecule has 1 saturated heterocycles. The van der Waals surface area contributed by atoms with E-state index in [1.165, 1.54) is 0 Å². The molecule has 0 spiro atoms. The number of likely N-dealkylation sites (tertiary alicyclic amines) is 1. The second kappa shape index (κ2) is 9.68. The van der Waals surface area contributed by atoms with Gasteiger partial charge in [-0.2, -0.15) is 0 Å². The first-order chi connectivity index (χ1) is 16.2. The summed E-state index contributed by atoms with van der Waals surface area (Å²) in [6.45, 7) is 1.73. The molecule has 1 atom stereocenters. The number of nitrogens with one attached hydrogen (secondary N) is 1. The Hall–Kier alpha value is -3.29. The van der Waals surface area contributed by atoms with Crippen LogP contribution in [0.1, 0.15) is 30.3 Å². The Morgan fingerprint density at radius 2 is 1.85 bits per heavy atom. The summed E-state index contributed by atoms with van der Waals surface area (Å²) >= 11 is 1.61. The summed E-state index contributed by atoms with van der Waals surface area (Å²) in [7, 11) is 1.65. The highest BCUT2D eigenvalue weighted by molar-refractivity contribution is 7.17. The molecule has 4 aromatic rings. The van der Waals surface area contributed by atoms with Gasteiger partial charge in [-0.25, -0.2) is 9.97 Å². The van der Waals surface area contributed by atoms with E-state index in [2.05, 4.69) is 35.0 Å². The van der Waals surface area contributed by atoms with Gasteiger partial charge in [0.1, 0.15) is 17.3 Å². The summed E-state index contributed by atoms with van der Waals surface area (Å²) in [5, 5.41) is 6.82. The number of hydrogen-bond acceptors (Lipinski definition) is 6. The van der Waals surface area contributed by atoms with E-state index in [4.69, 9.17) is 14.7 Å². The van der Waals surface area contributed by atoms with E-state index < -0.39 is 0 Å². The molecule has 1 unspecified atom stereocenters. The van der Waals surface area contributed by atoms with Gasteiger partial charge in [-0.15, -0.1) is 11.3 Å². The van der Waals surface area contributed by atoms with E-state index in [0.717, 1.165) is 45.7 Å². The molecule has 6 nitrogen and oxygen atoms in total. The molecule has 0 bridgehead atoms. The van der Waals surface area contributed by atoms with Crippen LogP contribution in [-0.2, 0) is 16.1 Å². The Morgan fingerprint density at radius 1 is 1.09 bits per heavy atom. The minimum atomic E-state index is -0.0923. The molecule has 2 aromatic carbocycles. The van der Waals surface area contributed by atoms with Gasteiger partial charge in [0.05, 0.1) is 11.4 Å². The highest BCUT2D eigenvalue weighted by Crippen LogP contribution is 2.38. The van der Waals surface area contributed by atoms with Gasteiger partial charge in [-0.1, -0.05) is 60.7 Å². The predicted octanol–water partition coefficient (Wildman–Crippen LogP) is 5.28. The lowest BCUT2D eigenvalue weighted by Crippen LogP contribution is -2.32. The summed E-state index contributed by atoms with van der Waals surface area (Å²) in [6.07, 6.45) is 1.54. The number of nitrogens with zero attached hydrogens (tertiary/aromatic N) is 3. The summed E-state index contributed by atoms with van der Waals surface area (Å²) < 4.78 is 5.33. The molecule has 5 rings (SSSR count). The third-order valence-corrected chi connectivity index (χ3v) is 6.80. The van der Waals surface area contributed by atoms with Gasteiger partial charge < -0.3 is 15.0 Å². The summed E-state index contributed by atoms with van der Waals surface area (Å²) in [6, 6.07) is 20.5. The zero-order chi connectivity index (χ0) is 22.6. The average Bonchev–Trinajstić information content (AvgIpc) is 3.46. The SMILES string of the molecule is COCc1nc(NC(CN2CCCC2=O)c2ccccc2)c2c(-c3ccccc3)csc2n1. The minimum absolute atomic E-state index is 0.0923. The molecular weight excluding hydrogens is 432 g/mol. The van der Waals surface area contributed by atoms with E-state index in [1.807, 2.05) is 41.3 Å². The van der Waals surface area contributed by atoms with E-state index in [1.54, 1.807) is 18.4 Å². The number of aromatic nitrogens is 2. The first kappa shape index (κ1) is 21.6. The standard InChI is InChI=1S/C26H26N4O2S/c1-32-16-22-28-25(24-20(17-33-26(24)29-22)18-9-4-2-5-10-18)27-21(19-11-6-3-7-12-19)15-30-14-8-13-23(30)31/h2-7,9-12,17,21H,8,13-16H2,1H3,(H,27,28,29). The molecule has 0 aliphatic carbocycles. The lowest BCUT2D eigenvalue weighted by atomic mass is 10.0. The van der Waals surface area contributed by atoms with Crippen molar-refractivity contribution in [2.24, 2.45) is 0 Å². The highest BCUT2D eigenvalue weighted by atomic mass is 32.1. The van der Waals surface area contributed by atoms with Crippen molar-refractivity contribution in [2.75, 3.05) is 25.5 Å². The minimum Gasteiger partial charge on any atom is -0.377 e. The number of fused-ring (bicyclic) bond motifs is 1. The second-order valence-corrected chi connectivity index (χ2v) is 9.03. The molecule has 0 saturated carbocycles. The largest absolute Gasteiger partial charge is 0.377 e. The quantitative estimate of drug-likeness (QED) is 0.389.